The average molecular weight is 422 g/mol. The van der Waals surface area contributed by atoms with E-state index in [1.807, 2.05) is 35.7 Å². The Kier molecular flexibility index (Phi) is 5.37. The number of anilines is 1. The smallest absolute Gasteiger partial charge is 0.341 e. The molecule has 0 radical (unpaired) electrons. The van der Waals surface area contributed by atoms with Crippen molar-refractivity contribution in [1.29, 1.82) is 0 Å². The molecule has 0 unspecified atom stereocenters. The number of aromatic nitrogens is 1. The van der Waals surface area contributed by atoms with Crippen LogP contribution in [0, 0.1) is 5.82 Å². The molecule has 0 bridgehead atoms. The molecule has 1 N–H and O–H groups in total. The van der Waals surface area contributed by atoms with Gasteiger partial charge in [-0.05, 0) is 36.8 Å². The van der Waals surface area contributed by atoms with Crippen LogP contribution in [0.25, 0.3) is 22.0 Å². The summed E-state index contributed by atoms with van der Waals surface area (Å²) in [6.45, 7) is 1.96. The molecule has 0 aliphatic carbocycles. The lowest BCUT2D eigenvalue weighted by Gasteiger charge is -2.09. The van der Waals surface area contributed by atoms with Crippen molar-refractivity contribution in [2.24, 2.45) is 7.05 Å². The number of hydrogen-bond donors (Lipinski definition) is 1. The zero-order valence-corrected chi connectivity index (χ0v) is 17.3. The number of rotatable bonds is 5. The molecule has 2 heterocycles. The van der Waals surface area contributed by atoms with Crippen molar-refractivity contribution in [3.05, 3.63) is 77.1 Å². The lowest BCUT2D eigenvalue weighted by Crippen LogP contribution is -2.17. The summed E-state index contributed by atoms with van der Waals surface area (Å²) in [4.78, 5) is 25.7. The standard InChI is InChI=1S/C23H19FN2O3S/c1-3-29-23(28)20-17(14-7-5-4-6-8-14)13-30-22(20)25-21(27)19-11-15-9-10-16(24)12-18(15)26(19)2/h4-13H,3H2,1-2H3,(H,25,27). The fraction of sp³-hybridized carbons (Fsp3) is 0.130. The van der Waals surface area contributed by atoms with E-state index in [9.17, 15) is 14.0 Å². The minimum Gasteiger partial charge on any atom is -0.462 e. The normalized spacial score (nSPS) is 10.9. The Labute approximate surface area is 176 Å². The topological polar surface area (TPSA) is 60.3 Å². The summed E-state index contributed by atoms with van der Waals surface area (Å²) >= 11 is 1.26. The lowest BCUT2D eigenvalue weighted by atomic mass is 10.0. The molecule has 2 aromatic heterocycles. The summed E-state index contributed by atoms with van der Waals surface area (Å²) in [5, 5.41) is 5.83. The first-order chi connectivity index (χ1) is 14.5. The Hall–Kier alpha value is -3.45. The number of benzene rings is 2. The third kappa shape index (κ3) is 3.59. The average Bonchev–Trinajstić information content (AvgIpc) is 3.30. The third-order valence-corrected chi connectivity index (χ3v) is 5.72. The number of halogens is 1. The number of amides is 1. The molecule has 152 valence electrons. The van der Waals surface area contributed by atoms with Crippen LogP contribution in [-0.4, -0.2) is 23.1 Å². The molecule has 0 spiro atoms. The molecular weight excluding hydrogens is 403 g/mol. The van der Waals surface area contributed by atoms with Crippen molar-refractivity contribution in [3.8, 4) is 11.1 Å². The van der Waals surface area contributed by atoms with Gasteiger partial charge in [-0.25, -0.2) is 9.18 Å². The SMILES string of the molecule is CCOC(=O)c1c(-c2ccccc2)csc1NC(=O)c1cc2ccc(F)cc2n1C. The number of carbonyl (C=O) groups excluding carboxylic acids is 2. The van der Waals surface area contributed by atoms with Crippen molar-refractivity contribution in [2.45, 2.75) is 6.92 Å². The second kappa shape index (κ2) is 8.12. The molecule has 0 saturated carbocycles. The van der Waals surface area contributed by atoms with Gasteiger partial charge in [0.15, 0.2) is 0 Å². The Balaban J connectivity index is 1.73. The summed E-state index contributed by atoms with van der Waals surface area (Å²) in [5.41, 5.74) is 2.86. The van der Waals surface area contributed by atoms with Crippen molar-refractivity contribution in [2.75, 3.05) is 11.9 Å². The maximum Gasteiger partial charge on any atom is 0.341 e. The van der Waals surface area contributed by atoms with Crippen molar-refractivity contribution >= 4 is 39.1 Å². The molecule has 7 heteroatoms. The van der Waals surface area contributed by atoms with Gasteiger partial charge in [-0.1, -0.05) is 30.3 Å². The molecule has 0 saturated heterocycles. The Morgan fingerprint density at radius 3 is 2.63 bits per heavy atom. The first kappa shape index (κ1) is 19.8. The summed E-state index contributed by atoms with van der Waals surface area (Å²) in [5.74, 6) is -1.25. The maximum atomic E-state index is 13.6. The summed E-state index contributed by atoms with van der Waals surface area (Å²) in [6, 6.07) is 15.5. The lowest BCUT2D eigenvalue weighted by molar-refractivity contribution is 0.0529. The number of nitrogens with zero attached hydrogens (tertiary/aromatic N) is 1. The highest BCUT2D eigenvalue weighted by molar-refractivity contribution is 7.15. The van der Waals surface area contributed by atoms with Gasteiger partial charge in [-0.3, -0.25) is 4.79 Å². The van der Waals surface area contributed by atoms with Crippen LogP contribution >= 0.6 is 11.3 Å². The first-order valence-electron chi connectivity index (χ1n) is 9.40. The van der Waals surface area contributed by atoms with Gasteiger partial charge >= 0.3 is 5.97 Å². The van der Waals surface area contributed by atoms with Gasteiger partial charge < -0.3 is 14.6 Å². The van der Waals surface area contributed by atoms with Gasteiger partial charge in [0, 0.05) is 23.4 Å². The highest BCUT2D eigenvalue weighted by Gasteiger charge is 2.24. The third-order valence-electron chi connectivity index (χ3n) is 4.82. The Morgan fingerprint density at radius 1 is 1.13 bits per heavy atom. The molecule has 4 rings (SSSR count). The van der Waals surface area contributed by atoms with Gasteiger partial charge in [0.2, 0.25) is 0 Å². The summed E-state index contributed by atoms with van der Waals surface area (Å²) in [7, 11) is 1.70. The number of aryl methyl sites for hydroxylation is 1. The minimum atomic E-state index is -0.494. The van der Waals surface area contributed by atoms with Crippen LogP contribution in [0.3, 0.4) is 0 Å². The molecule has 0 atom stereocenters. The second-order valence-corrected chi connectivity index (χ2v) is 7.57. The Morgan fingerprint density at radius 2 is 1.90 bits per heavy atom. The number of ether oxygens (including phenoxy) is 1. The molecular formula is C23H19FN2O3S. The number of carbonyl (C=O) groups is 2. The predicted molar refractivity (Wildman–Crippen MR) is 117 cm³/mol. The zero-order chi connectivity index (χ0) is 21.3. The minimum absolute atomic E-state index is 0.227. The number of nitrogens with one attached hydrogen (secondary N) is 1. The van der Waals surface area contributed by atoms with Crippen LogP contribution in [0.15, 0.2) is 60.0 Å². The van der Waals surface area contributed by atoms with E-state index in [4.69, 9.17) is 4.74 Å². The molecule has 2 aromatic carbocycles. The zero-order valence-electron chi connectivity index (χ0n) is 16.4. The second-order valence-electron chi connectivity index (χ2n) is 6.69. The van der Waals surface area contributed by atoms with E-state index in [1.54, 1.807) is 30.7 Å². The first-order valence-corrected chi connectivity index (χ1v) is 10.3. The number of hydrogen-bond acceptors (Lipinski definition) is 4. The number of esters is 1. The highest BCUT2D eigenvalue weighted by atomic mass is 32.1. The predicted octanol–water partition coefficient (Wildman–Crippen LogP) is 5.47. The monoisotopic (exact) mass is 422 g/mol. The quantitative estimate of drug-likeness (QED) is 0.434. The fourth-order valence-electron chi connectivity index (χ4n) is 3.37. The summed E-state index contributed by atoms with van der Waals surface area (Å²) in [6.07, 6.45) is 0. The summed E-state index contributed by atoms with van der Waals surface area (Å²) < 4.78 is 20.4. The van der Waals surface area contributed by atoms with Crippen LogP contribution in [-0.2, 0) is 11.8 Å². The highest BCUT2D eigenvalue weighted by Crippen LogP contribution is 2.36. The van der Waals surface area contributed by atoms with E-state index >= 15 is 0 Å². The van der Waals surface area contributed by atoms with E-state index in [2.05, 4.69) is 5.32 Å². The van der Waals surface area contributed by atoms with Gasteiger partial charge in [-0.2, -0.15) is 0 Å². The molecule has 4 aromatic rings. The molecule has 1 amide bonds. The van der Waals surface area contributed by atoms with E-state index in [0.717, 1.165) is 10.9 Å². The van der Waals surface area contributed by atoms with Crippen LogP contribution in [0.5, 0.6) is 0 Å². The van der Waals surface area contributed by atoms with Gasteiger partial charge in [-0.15, -0.1) is 11.3 Å². The molecule has 0 aliphatic rings. The van der Waals surface area contributed by atoms with Gasteiger partial charge in [0.25, 0.3) is 5.91 Å². The number of thiophene rings is 1. The molecule has 30 heavy (non-hydrogen) atoms. The Bertz CT molecular complexity index is 1240. The van der Waals surface area contributed by atoms with Crippen molar-refractivity contribution in [1.82, 2.24) is 4.57 Å². The van der Waals surface area contributed by atoms with Gasteiger partial charge in [0.05, 0.1) is 12.1 Å². The molecule has 0 fully saturated rings. The van der Waals surface area contributed by atoms with Gasteiger partial charge in [0.1, 0.15) is 22.1 Å². The molecule has 0 aliphatic heterocycles. The van der Waals surface area contributed by atoms with Crippen LogP contribution in [0.4, 0.5) is 9.39 Å². The van der Waals surface area contributed by atoms with Crippen LogP contribution < -0.4 is 5.32 Å². The van der Waals surface area contributed by atoms with Crippen LogP contribution in [0.2, 0.25) is 0 Å². The molecule has 5 nitrogen and oxygen atoms in total. The fourth-order valence-corrected chi connectivity index (χ4v) is 4.33. The van der Waals surface area contributed by atoms with Crippen LogP contribution in [0.1, 0.15) is 27.8 Å². The van der Waals surface area contributed by atoms with Crippen molar-refractivity contribution < 1.29 is 18.7 Å². The van der Waals surface area contributed by atoms with E-state index in [0.29, 0.717) is 27.3 Å². The number of fused-ring (bicyclic) bond motifs is 1. The van der Waals surface area contributed by atoms with Crippen molar-refractivity contribution in [3.63, 3.8) is 0 Å². The maximum absolute atomic E-state index is 13.6. The van der Waals surface area contributed by atoms with E-state index in [1.165, 1.54) is 23.5 Å². The van der Waals surface area contributed by atoms with E-state index < -0.39 is 5.97 Å². The van der Waals surface area contributed by atoms with E-state index in [-0.39, 0.29) is 18.3 Å². The largest absolute Gasteiger partial charge is 0.462 e.